The maximum Gasteiger partial charge on any atom is 0.319 e. The van der Waals surface area contributed by atoms with Gasteiger partial charge in [-0.05, 0) is 25.7 Å². The van der Waals surface area contributed by atoms with Gasteiger partial charge in [0.25, 0.3) is 0 Å². The van der Waals surface area contributed by atoms with Gasteiger partial charge in [0, 0.05) is 26.2 Å². The molecule has 0 aromatic rings. The molecule has 5 nitrogen and oxygen atoms in total. The van der Waals surface area contributed by atoms with Crippen LogP contribution in [0.15, 0.2) is 0 Å². The summed E-state index contributed by atoms with van der Waals surface area (Å²) in [5, 5.41) is 8.92. The number of carbonyl (C=O) groups is 2. The van der Waals surface area contributed by atoms with Crippen LogP contribution in [0.4, 0.5) is 4.79 Å². The fourth-order valence-corrected chi connectivity index (χ4v) is 2.53. The first-order valence-electron chi connectivity index (χ1n) is 6.75. The minimum absolute atomic E-state index is 0.0348. The molecule has 1 aliphatic rings. The maximum atomic E-state index is 12.2. The fourth-order valence-electron chi connectivity index (χ4n) is 2.53. The molecule has 5 heteroatoms. The van der Waals surface area contributed by atoms with E-state index in [1.54, 1.807) is 9.80 Å². The highest BCUT2D eigenvalue weighted by Gasteiger charge is 2.29. The molecule has 1 N–H and O–H groups in total. The average Bonchev–Trinajstić information content (AvgIpc) is 2.39. The van der Waals surface area contributed by atoms with Crippen molar-refractivity contribution in [1.82, 2.24) is 9.80 Å². The van der Waals surface area contributed by atoms with Crippen LogP contribution in [0.25, 0.3) is 0 Å². The molecule has 1 saturated heterocycles. The van der Waals surface area contributed by atoms with Crippen LogP contribution in [0, 0.1) is 5.92 Å². The highest BCUT2D eigenvalue weighted by Crippen LogP contribution is 2.19. The highest BCUT2D eigenvalue weighted by molar-refractivity contribution is 5.75. The lowest BCUT2D eigenvalue weighted by atomic mass is 9.97. The molecule has 1 heterocycles. The number of urea groups is 1. The number of hydrogen-bond acceptors (Lipinski definition) is 2. The zero-order valence-electron chi connectivity index (χ0n) is 11.6. The van der Waals surface area contributed by atoms with Crippen molar-refractivity contribution in [1.29, 1.82) is 0 Å². The Bertz CT molecular complexity index is 295. The SMILES string of the molecule is CCC(CC)N(C)C(=O)N1CCC(C(=O)O)CC1. The minimum atomic E-state index is -0.740. The van der Waals surface area contributed by atoms with Crippen molar-refractivity contribution in [3.8, 4) is 0 Å². The molecule has 18 heavy (non-hydrogen) atoms. The van der Waals surface area contributed by atoms with Gasteiger partial charge in [-0.2, -0.15) is 0 Å². The van der Waals surface area contributed by atoms with Crippen molar-refractivity contribution in [2.24, 2.45) is 5.92 Å². The van der Waals surface area contributed by atoms with Crippen LogP contribution in [-0.2, 0) is 4.79 Å². The summed E-state index contributed by atoms with van der Waals surface area (Å²) in [6.07, 6.45) is 3.03. The first kappa shape index (κ1) is 14.8. The van der Waals surface area contributed by atoms with Crippen molar-refractivity contribution in [3.05, 3.63) is 0 Å². The van der Waals surface area contributed by atoms with E-state index >= 15 is 0 Å². The van der Waals surface area contributed by atoms with E-state index in [4.69, 9.17) is 5.11 Å². The number of carboxylic acids is 1. The molecule has 0 aromatic carbocycles. The van der Waals surface area contributed by atoms with Crippen LogP contribution in [0.3, 0.4) is 0 Å². The van der Waals surface area contributed by atoms with E-state index in [0.717, 1.165) is 12.8 Å². The lowest BCUT2D eigenvalue weighted by Gasteiger charge is -2.36. The van der Waals surface area contributed by atoms with Crippen LogP contribution in [0.5, 0.6) is 0 Å². The molecule has 0 aliphatic carbocycles. The van der Waals surface area contributed by atoms with Gasteiger partial charge in [0.2, 0.25) is 0 Å². The molecule has 0 bridgehead atoms. The molecular formula is C13H24N2O3. The van der Waals surface area contributed by atoms with E-state index in [1.165, 1.54) is 0 Å². The molecule has 2 amide bonds. The summed E-state index contributed by atoms with van der Waals surface area (Å²) in [5.41, 5.74) is 0. The fraction of sp³-hybridized carbons (Fsp3) is 0.846. The average molecular weight is 256 g/mol. The van der Waals surface area contributed by atoms with Crippen LogP contribution in [-0.4, -0.2) is 53.1 Å². The second-order valence-corrected chi connectivity index (χ2v) is 4.96. The van der Waals surface area contributed by atoms with Crippen molar-refractivity contribution < 1.29 is 14.7 Å². The van der Waals surface area contributed by atoms with E-state index in [1.807, 2.05) is 7.05 Å². The smallest absolute Gasteiger partial charge is 0.319 e. The molecule has 0 atom stereocenters. The van der Waals surface area contributed by atoms with E-state index in [-0.39, 0.29) is 18.0 Å². The van der Waals surface area contributed by atoms with Crippen LogP contribution in [0.1, 0.15) is 39.5 Å². The molecule has 0 radical (unpaired) electrons. The zero-order chi connectivity index (χ0) is 13.7. The number of aliphatic carboxylic acids is 1. The number of nitrogens with zero attached hydrogens (tertiary/aromatic N) is 2. The number of likely N-dealkylation sites (tertiary alicyclic amines) is 1. The first-order valence-corrected chi connectivity index (χ1v) is 6.75. The largest absolute Gasteiger partial charge is 0.481 e. The van der Waals surface area contributed by atoms with Gasteiger partial charge in [-0.3, -0.25) is 4.79 Å². The molecule has 0 spiro atoms. The lowest BCUT2D eigenvalue weighted by molar-refractivity contribution is -0.143. The van der Waals surface area contributed by atoms with Gasteiger partial charge in [-0.15, -0.1) is 0 Å². The first-order chi connectivity index (χ1) is 8.51. The third-order valence-electron chi connectivity index (χ3n) is 3.91. The van der Waals surface area contributed by atoms with Gasteiger partial charge in [0.1, 0.15) is 0 Å². The molecular weight excluding hydrogens is 232 g/mol. The Morgan fingerprint density at radius 2 is 1.78 bits per heavy atom. The van der Waals surface area contributed by atoms with Crippen molar-refractivity contribution >= 4 is 12.0 Å². The summed E-state index contributed by atoms with van der Waals surface area (Å²) in [5.74, 6) is -1.03. The van der Waals surface area contributed by atoms with E-state index in [9.17, 15) is 9.59 Å². The number of rotatable bonds is 4. The van der Waals surface area contributed by atoms with Crippen LogP contribution >= 0.6 is 0 Å². The summed E-state index contributed by atoms with van der Waals surface area (Å²) in [7, 11) is 1.84. The number of piperidine rings is 1. The van der Waals surface area contributed by atoms with Gasteiger partial charge in [0.05, 0.1) is 5.92 Å². The quantitative estimate of drug-likeness (QED) is 0.837. The number of carbonyl (C=O) groups excluding carboxylic acids is 1. The van der Waals surface area contributed by atoms with Crippen molar-refractivity contribution in [2.75, 3.05) is 20.1 Å². The Labute approximate surface area is 109 Å². The molecule has 1 rings (SSSR count). The number of hydrogen-bond donors (Lipinski definition) is 1. The van der Waals surface area contributed by atoms with Crippen molar-refractivity contribution in [3.63, 3.8) is 0 Å². The normalized spacial score (nSPS) is 17.0. The van der Waals surface area contributed by atoms with E-state index in [0.29, 0.717) is 25.9 Å². The predicted molar refractivity (Wildman–Crippen MR) is 69.5 cm³/mol. The van der Waals surface area contributed by atoms with Crippen LogP contribution in [0.2, 0.25) is 0 Å². The summed E-state index contributed by atoms with van der Waals surface area (Å²) >= 11 is 0. The monoisotopic (exact) mass is 256 g/mol. The third-order valence-corrected chi connectivity index (χ3v) is 3.91. The Hall–Kier alpha value is -1.26. The summed E-state index contributed by atoms with van der Waals surface area (Å²) < 4.78 is 0. The van der Waals surface area contributed by atoms with Crippen LogP contribution < -0.4 is 0 Å². The molecule has 0 aromatic heterocycles. The predicted octanol–water partition coefficient (Wildman–Crippen LogP) is 2.02. The summed E-state index contributed by atoms with van der Waals surface area (Å²) in [4.78, 5) is 26.7. The number of carboxylic acid groups (broad SMARTS) is 1. The topological polar surface area (TPSA) is 60.9 Å². The molecule has 1 fully saturated rings. The minimum Gasteiger partial charge on any atom is -0.481 e. The standard InChI is InChI=1S/C13H24N2O3/c1-4-11(5-2)14(3)13(18)15-8-6-10(7-9-15)12(16)17/h10-11H,4-9H2,1-3H3,(H,16,17). The Balaban J connectivity index is 2.51. The van der Waals surface area contributed by atoms with E-state index in [2.05, 4.69) is 13.8 Å². The third kappa shape index (κ3) is 3.37. The van der Waals surface area contributed by atoms with Gasteiger partial charge in [0.15, 0.2) is 0 Å². The van der Waals surface area contributed by atoms with E-state index < -0.39 is 5.97 Å². The molecule has 0 saturated carbocycles. The Morgan fingerprint density at radius 1 is 1.28 bits per heavy atom. The molecule has 1 aliphatic heterocycles. The maximum absolute atomic E-state index is 12.2. The van der Waals surface area contributed by atoms with Gasteiger partial charge >= 0.3 is 12.0 Å². The number of amides is 2. The van der Waals surface area contributed by atoms with Gasteiger partial charge in [-0.1, -0.05) is 13.8 Å². The van der Waals surface area contributed by atoms with Gasteiger partial charge < -0.3 is 14.9 Å². The summed E-state index contributed by atoms with van der Waals surface area (Å²) in [6.45, 7) is 5.27. The second kappa shape index (κ2) is 6.61. The highest BCUT2D eigenvalue weighted by atomic mass is 16.4. The zero-order valence-corrected chi connectivity index (χ0v) is 11.6. The second-order valence-electron chi connectivity index (χ2n) is 4.96. The molecule has 0 unspecified atom stereocenters. The summed E-state index contributed by atoms with van der Waals surface area (Å²) in [6, 6.07) is 0.308. The Kier molecular flexibility index (Phi) is 5.44. The molecule has 104 valence electrons. The lowest BCUT2D eigenvalue weighted by Crippen LogP contribution is -2.49. The van der Waals surface area contributed by atoms with Crippen molar-refractivity contribution in [2.45, 2.75) is 45.6 Å². The van der Waals surface area contributed by atoms with Gasteiger partial charge in [-0.25, -0.2) is 4.79 Å². The Morgan fingerprint density at radius 3 is 2.17 bits per heavy atom.